The van der Waals surface area contributed by atoms with Crippen molar-refractivity contribution in [3.63, 3.8) is 0 Å². The van der Waals surface area contributed by atoms with Gasteiger partial charge in [0.1, 0.15) is 11.5 Å². The van der Waals surface area contributed by atoms with E-state index in [1.54, 1.807) is 0 Å². The SMILES string of the molecule is CC(=O)OCC1(C)CCC2OC(=O)C34CC(CC(O)C3C23COC(O)C13)C(C)C4=O. The van der Waals surface area contributed by atoms with E-state index >= 15 is 0 Å². The lowest BCUT2D eigenvalue weighted by atomic mass is 9.43. The highest BCUT2D eigenvalue weighted by molar-refractivity contribution is 6.08. The van der Waals surface area contributed by atoms with Crippen molar-refractivity contribution in [1.29, 1.82) is 0 Å². The number of ketones is 1. The maximum Gasteiger partial charge on any atom is 0.320 e. The standard InChI is InChI=1S/C22H30O8/c1-10-12-6-13(24)15-21(7-12,17(10)25)19(27)30-14-4-5-20(3,8-28-11(2)23)16-18(26)29-9-22(14,15)16/h10,12-16,18,24,26H,4-9H2,1-3H3. The maximum atomic E-state index is 13.4. The van der Waals surface area contributed by atoms with E-state index in [2.05, 4.69) is 0 Å². The van der Waals surface area contributed by atoms with Crippen LogP contribution in [-0.4, -0.2) is 59.6 Å². The number of carbonyl (C=O) groups is 3. The first-order chi connectivity index (χ1) is 14.1. The second-order valence-corrected chi connectivity index (χ2v) is 10.5. The van der Waals surface area contributed by atoms with Crippen molar-refractivity contribution in [3.05, 3.63) is 0 Å². The summed E-state index contributed by atoms with van der Waals surface area (Å²) in [6.45, 7) is 5.31. The molecule has 2 aliphatic heterocycles. The highest BCUT2D eigenvalue weighted by Crippen LogP contribution is 2.71. The Kier molecular flexibility index (Phi) is 4.26. The molecule has 2 heterocycles. The normalized spacial score (nSPS) is 54.1. The molecule has 10 atom stereocenters. The van der Waals surface area contributed by atoms with E-state index in [-0.39, 0.29) is 30.8 Å². The Morgan fingerprint density at radius 2 is 2.00 bits per heavy atom. The Morgan fingerprint density at radius 3 is 2.70 bits per heavy atom. The molecule has 2 saturated heterocycles. The molecule has 0 aromatic rings. The summed E-state index contributed by atoms with van der Waals surface area (Å²) >= 11 is 0. The highest BCUT2D eigenvalue weighted by Gasteiger charge is 2.79. The van der Waals surface area contributed by atoms with Crippen LogP contribution in [0.25, 0.3) is 0 Å². The summed E-state index contributed by atoms with van der Waals surface area (Å²) in [5.41, 5.74) is -2.92. The summed E-state index contributed by atoms with van der Waals surface area (Å²) in [4.78, 5) is 38.2. The number of rotatable bonds is 2. The Labute approximate surface area is 175 Å². The van der Waals surface area contributed by atoms with E-state index in [1.165, 1.54) is 6.92 Å². The van der Waals surface area contributed by atoms with Gasteiger partial charge in [-0.05, 0) is 31.6 Å². The van der Waals surface area contributed by atoms with E-state index < -0.39 is 58.5 Å². The molecule has 0 aromatic heterocycles. The van der Waals surface area contributed by atoms with Gasteiger partial charge in [-0.3, -0.25) is 14.4 Å². The zero-order chi connectivity index (χ0) is 21.6. The minimum absolute atomic E-state index is 0.0500. The first kappa shape index (κ1) is 20.4. The quantitative estimate of drug-likeness (QED) is 0.496. The van der Waals surface area contributed by atoms with Crippen molar-refractivity contribution >= 4 is 17.7 Å². The van der Waals surface area contributed by atoms with Crippen LogP contribution in [0.4, 0.5) is 0 Å². The predicted molar refractivity (Wildman–Crippen MR) is 101 cm³/mol. The van der Waals surface area contributed by atoms with E-state index in [0.717, 1.165) is 0 Å². The molecule has 166 valence electrons. The number of carbonyl (C=O) groups excluding carboxylic acids is 3. The van der Waals surface area contributed by atoms with Crippen molar-refractivity contribution in [2.45, 2.75) is 65.0 Å². The van der Waals surface area contributed by atoms with Crippen molar-refractivity contribution in [2.24, 2.45) is 39.9 Å². The molecular formula is C22H30O8. The molecule has 30 heavy (non-hydrogen) atoms. The minimum Gasteiger partial charge on any atom is -0.465 e. The molecule has 3 saturated carbocycles. The Balaban J connectivity index is 1.66. The smallest absolute Gasteiger partial charge is 0.320 e. The summed E-state index contributed by atoms with van der Waals surface area (Å²) in [5, 5.41) is 22.2. The van der Waals surface area contributed by atoms with Crippen LogP contribution in [0.15, 0.2) is 0 Å². The number of hydrogen-bond donors (Lipinski definition) is 2. The average Bonchev–Trinajstić information content (AvgIpc) is 3.13. The minimum atomic E-state index is -1.39. The van der Waals surface area contributed by atoms with E-state index in [9.17, 15) is 24.6 Å². The summed E-state index contributed by atoms with van der Waals surface area (Å²) in [7, 11) is 0. The number of Topliss-reactive ketones (excluding diaryl/α,β-unsaturated/α-hetero) is 1. The first-order valence-electron chi connectivity index (χ1n) is 10.9. The van der Waals surface area contributed by atoms with Crippen LogP contribution in [0.1, 0.15) is 46.5 Å². The van der Waals surface area contributed by atoms with E-state index in [1.807, 2.05) is 13.8 Å². The Morgan fingerprint density at radius 1 is 1.27 bits per heavy atom. The number of ether oxygens (including phenoxy) is 3. The van der Waals surface area contributed by atoms with Gasteiger partial charge in [0.15, 0.2) is 12.1 Å². The van der Waals surface area contributed by atoms with Gasteiger partial charge in [-0.25, -0.2) is 0 Å². The summed E-state index contributed by atoms with van der Waals surface area (Å²) in [6.07, 6.45) is -0.670. The summed E-state index contributed by atoms with van der Waals surface area (Å²) in [5.74, 6) is -2.66. The van der Waals surface area contributed by atoms with E-state index in [0.29, 0.717) is 25.7 Å². The zero-order valence-electron chi connectivity index (χ0n) is 17.6. The van der Waals surface area contributed by atoms with Crippen LogP contribution >= 0.6 is 0 Å². The predicted octanol–water partition coefficient (Wildman–Crippen LogP) is 0.818. The number of hydrogen-bond acceptors (Lipinski definition) is 8. The van der Waals surface area contributed by atoms with Gasteiger partial charge in [-0.15, -0.1) is 0 Å². The van der Waals surface area contributed by atoms with Gasteiger partial charge in [0.2, 0.25) is 0 Å². The molecule has 10 unspecified atom stereocenters. The molecule has 2 spiro atoms. The van der Waals surface area contributed by atoms with Crippen molar-refractivity contribution < 1.29 is 38.8 Å². The molecule has 5 aliphatic rings. The number of fused-ring (bicyclic) bond motifs is 1. The van der Waals surface area contributed by atoms with Crippen LogP contribution in [0.2, 0.25) is 0 Å². The van der Waals surface area contributed by atoms with Crippen molar-refractivity contribution in [2.75, 3.05) is 13.2 Å². The van der Waals surface area contributed by atoms with Gasteiger partial charge in [0.05, 0.1) is 19.3 Å². The fraction of sp³-hybridized carbons (Fsp3) is 0.864. The van der Waals surface area contributed by atoms with Gasteiger partial charge in [-0.2, -0.15) is 0 Å². The van der Waals surface area contributed by atoms with Crippen LogP contribution in [-0.2, 0) is 28.6 Å². The van der Waals surface area contributed by atoms with Crippen LogP contribution in [0, 0.1) is 39.9 Å². The average molecular weight is 422 g/mol. The lowest BCUT2D eigenvalue weighted by Crippen LogP contribution is -2.71. The molecular weight excluding hydrogens is 392 g/mol. The van der Waals surface area contributed by atoms with Crippen LogP contribution in [0.3, 0.4) is 0 Å². The molecule has 0 radical (unpaired) electrons. The lowest BCUT2D eigenvalue weighted by Gasteiger charge is -2.62. The maximum absolute atomic E-state index is 13.4. The van der Waals surface area contributed by atoms with Gasteiger partial charge in [0, 0.05) is 35.5 Å². The van der Waals surface area contributed by atoms with Crippen LogP contribution < -0.4 is 0 Å². The van der Waals surface area contributed by atoms with Gasteiger partial charge < -0.3 is 24.4 Å². The molecule has 5 fully saturated rings. The third-order valence-corrected chi connectivity index (χ3v) is 9.10. The molecule has 0 aromatic carbocycles. The second-order valence-electron chi connectivity index (χ2n) is 10.5. The fourth-order valence-corrected chi connectivity index (χ4v) is 7.95. The monoisotopic (exact) mass is 422 g/mol. The summed E-state index contributed by atoms with van der Waals surface area (Å²) in [6, 6.07) is 0. The third-order valence-electron chi connectivity index (χ3n) is 9.10. The van der Waals surface area contributed by atoms with Crippen molar-refractivity contribution in [3.8, 4) is 0 Å². The van der Waals surface area contributed by atoms with Crippen molar-refractivity contribution in [1.82, 2.24) is 0 Å². The van der Waals surface area contributed by atoms with E-state index in [4.69, 9.17) is 14.2 Å². The highest BCUT2D eigenvalue weighted by atomic mass is 16.6. The lowest BCUT2D eigenvalue weighted by molar-refractivity contribution is -0.256. The molecule has 0 amide bonds. The molecule has 8 heteroatoms. The number of aliphatic hydroxyl groups excluding tert-OH is 2. The Bertz CT molecular complexity index is 811. The topological polar surface area (TPSA) is 119 Å². The number of esters is 2. The van der Waals surface area contributed by atoms with Crippen LogP contribution in [0.5, 0.6) is 0 Å². The molecule has 3 aliphatic carbocycles. The van der Waals surface area contributed by atoms with Gasteiger partial charge >= 0.3 is 11.9 Å². The molecule has 8 nitrogen and oxygen atoms in total. The fourth-order valence-electron chi connectivity index (χ4n) is 7.95. The molecule has 5 rings (SSSR count). The molecule has 2 bridgehead atoms. The molecule has 2 N–H and O–H groups in total. The first-order valence-corrected chi connectivity index (χ1v) is 10.9. The second kappa shape index (κ2) is 6.26. The van der Waals surface area contributed by atoms with Gasteiger partial charge in [0.25, 0.3) is 0 Å². The van der Waals surface area contributed by atoms with Gasteiger partial charge in [-0.1, -0.05) is 13.8 Å². The number of aliphatic hydroxyl groups is 2. The Hall–Kier alpha value is -1.51. The zero-order valence-corrected chi connectivity index (χ0v) is 17.6. The largest absolute Gasteiger partial charge is 0.465 e. The summed E-state index contributed by atoms with van der Waals surface area (Å²) < 4.78 is 17.1. The third kappa shape index (κ3) is 2.25.